The van der Waals surface area contributed by atoms with Crippen LogP contribution >= 0.6 is 11.3 Å². The van der Waals surface area contributed by atoms with Gasteiger partial charge >= 0.3 is 12.1 Å². The van der Waals surface area contributed by atoms with E-state index in [2.05, 4.69) is 36.9 Å². The number of carboxylic acid groups (broad SMARTS) is 1. The number of aromatic nitrogens is 2. The van der Waals surface area contributed by atoms with E-state index in [4.69, 9.17) is 9.84 Å². The lowest BCUT2D eigenvalue weighted by Crippen LogP contribution is -2.43. The van der Waals surface area contributed by atoms with E-state index in [0.29, 0.717) is 11.4 Å². The number of pyridine rings is 2. The number of carbonyl (C=O) groups excluding carboxylic acids is 1. The quantitative estimate of drug-likeness (QED) is 0.209. The van der Waals surface area contributed by atoms with Gasteiger partial charge in [0.1, 0.15) is 5.75 Å². The second-order valence-corrected chi connectivity index (χ2v) is 11.4. The third-order valence-corrected chi connectivity index (χ3v) is 8.26. The van der Waals surface area contributed by atoms with Gasteiger partial charge in [0.05, 0.1) is 20.8 Å². The SMILES string of the molecule is O=C(O)NC1CCN(Cc2ccc(-c3cc4nccc(Oc5ccc(NC(=O)NC6CC6)cc5F)c4s3)nc2)CC1. The molecule has 10 nitrogen and oxygen atoms in total. The molecule has 0 atom stereocenters. The number of anilines is 1. The van der Waals surface area contributed by atoms with Gasteiger partial charge in [-0.2, -0.15) is 0 Å². The van der Waals surface area contributed by atoms with E-state index in [1.165, 1.54) is 23.5 Å². The smallest absolute Gasteiger partial charge is 0.404 e. The van der Waals surface area contributed by atoms with Crippen molar-refractivity contribution in [2.45, 2.75) is 44.3 Å². The third kappa shape index (κ3) is 6.72. The Hall–Kier alpha value is -4.29. The first-order valence-electron chi connectivity index (χ1n) is 13.5. The normalized spacial score (nSPS) is 15.9. The lowest BCUT2D eigenvalue weighted by Gasteiger charge is -2.31. The van der Waals surface area contributed by atoms with Crippen molar-refractivity contribution in [3.05, 3.63) is 66.2 Å². The van der Waals surface area contributed by atoms with E-state index in [1.54, 1.807) is 18.3 Å². The van der Waals surface area contributed by atoms with Crippen LogP contribution < -0.4 is 20.7 Å². The summed E-state index contributed by atoms with van der Waals surface area (Å²) in [5.74, 6) is -0.0591. The second-order valence-electron chi connectivity index (χ2n) is 10.3. The molecule has 1 saturated heterocycles. The standard InChI is InChI=1S/C29H29FN6O4S/c30-21-13-20(34-28(37)33-18-2-3-18)4-6-24(21)40-25-7-10-31-23-14-26(41-27(23)25)22-5-1-17(15-32-22)16-36-11-8-19(9-12-36)35-29(38)39/h1,4-7,10,13-15,18-19,35H,2-3,8-9,11-12,16H2,(H,38,39)(H2,33,34,37). The molecule has 212 valence electrons. The number of ether oxygens (including phenoxy) is 1. The zero-order chi connectivity index (χ0) is 28.3. The Morgan fingerprint density at radius 1 is 1.00 bits per heavy atom. The zero-order valence-electron chi connectivity index (χ0n) is 22.1. The monoisotopic (exact) mass is 576 g/mol. The van der Waals surface area contributed by atoms with Gasteiger partial charge in [-0.25, -0.2) is 14.0 Å². The van der Waals surface area contributed by atoms with Gasteiger partial charge in [0.15, 0.2) is 11.6 Å². The maximum atomic E-state index is 14.9. The van der Waals surface area contributed by atoms with Crippen LogP contribution in [-0.4, -0.2) is 57.3 Å². The van der Waals surface area contributed by atoms with Crippen molar-refractivity contribution in [1.82, 2.24) is 25.5 Å². The van der Waals surface area contributed by atoms with E-state index in [-0.39, 0.29) is 23.9 Å². The van der Waals surface area contributed by atoms with Crippen molar-refractivity contribution in [3.8, 4) is 22.1 Å². The highest BCUT2D eigenvalue weighted by molar-refractivity contribution is 7.22. The van der Waals surface area contributed by atoms with Crippen molar-refractivity contribution in [2.75, 3.05) is 18.4 Å². The molecule has 41 heavy (non-hydrogen) atoms. The van der Waals surface area contributed by atoms with Crippen LogP contribution in [0.1, 0.15) is 31.2 Å². The number of amides is 3. The average Bonchev–Trinajstić information content (AvgIpc) is 3.65. The van der Waals surface area contributed by atoms with Gasteiger partial charge in [-0.1, -0.05) is 6.07 Å². The molecule has 0 radical (unpaired) electrons. The van der Waals surface area contributed by atoms with E-state index in [1.807, 2.05) is 18.3 Å². The topological polar surface area (TPSA) is 129 Å². The molecule has 0 unspecified atom stereocenters. The molecule has 1 aliphatic carbocycles. The number of carbonyl (C=O) groups is 2. The molecule has 4 heterocycles. The predicted molar refractivity (Wildman–Crippen MR) is 154 cm³/mol. The highest BCUT2D eigenvalue weighted by Gasteiger charge is 2.23. The van der Waals surface area contributed by atoms with Crippen molar-refractivity contribution < 1.29 is 23.8 Å². The van der Waals surface area contributed by atoms with Crippen LogP contribution in [0.4, 0.5) is 19.7 Å². The number of fused-ring (bicyclic) bond motifs is 1. The Morgan fingerprint density at radius 3 is 2.51 bits per heavy atom. The molecular weight excluding hydrogens is 547 g/mol. The number of urea groups is 1. The molecule has 0 bridgehead atoms. The van der Waals surface area contributed by atoms with Gasteiger partial charge in [0, 0.05) is 61.9 Å². The average molecular weight is 577 g/mol. The zero-order valence-corrected chi connectivity index (χ0v) is 22.9. The minimum absolute atomic E-state index is 0.0115. The molecule has 2 aliphatic rings. The highest BCUT2D eigenvalue weighted by atomic mass is 32.1. The van der Waals surface area contributed by atoms with Crippen molar-refractivity contribution in [3.63, 3.8) is 0 Å². The first-order chi connectivity index (χ1) is 19.9. The van der Waals surface area contributed by atoms with Crippen LogP contribution in [0.2, 0.25) is 0 Å². The summed E-state index contributed by atoms with van der Waals surface area (Å²) < 4.78 is 21.6. The molecule has 1 aromatic carbocycles. The van der Waals surface area contributed by atoms with Crippen LogP contribution in [-0.2, 0) is 6.54 Å². The first-order valence-corrected chi connectivity index (χ1v) is 14.3. The number of likely N-dealkylation sites (tertiary alicyclic amines) is 1. The molecule has 0 spiro atoms. The maximum absolute atomic E-state index is 14.9. The fourth-order valence-electron chi connectivity index (χ4n) is 4.81. The molecule has 1 saturated carbocycles. The van der Waals surface area contributed by atoms with Crippen LogP contribution in [0.5, 0.6) is 11.5 Å². The van der Waals surface area contributed by atoms with Crippen molar-refractivity contribution >= 4 is 39.4 Å². The van der Waals surface area contributed by atoms with Gasteiger partial charge in [0.25, 0.3) is 0 Å². The predicted octanol–water partition coefficient (Wildman–Crippen LogP) is 5.81. The fourth-order valence-corrected chi connectivity index (χ4v) is 5.86. The molecule has 3 amide bonds. The Bertz CT molecular complexity index is 1570. The molecule has 4 aromatic rings. The number of rotatable bonds is 8. The van der Waals surface area contributed by atoms with Crippen molar-refractivity contribution in [2.24, 2.45) is 0 Å². The van der Waals surface area contributed by atoms with Crippen LogP contribution in [0.3, 0.4) is 0 Å². The van der Waals surface area contributed by atoms with Crippen LogP contribution in [0, 0.1) is 5.82 Å². The number of benzene rings is 1. The minimum Gasteiger partial charge on any atom is -0.465 e. The lowest BCUT2D eigenvalue weighted by atomic mass is 10.0. The Labute approximate surface area is 239 Å². The number of halogens is 1. The Morgan fingerprint density at radius 2 is 1.80 bits per heavy atom. The lowest BCUT2D eigenvalue weighted by molar-refractivity contribution is 0.165. The summed E-state index contributed by atoms with van der Waals surface area (Å²) in [6.07, 6.45) is 6.04. The Kier molecular flexibility index (Phi) is 7.66. The van der Waals surface area contributed by atoms with Gasteiger partial charge in [-0.3, -0.25) is 14.9 Å². The number of piperidine rings is 1. The summed E-state index contributed by atoms with van der Waals surface area (Å²) in [4.78, 5) is 35.2. The molecular formula is C29H29FN6O4S. The molecule has 3 aromatic heterocycles. The maximum Gasteiger partial charge on any atom is 0.404 e. The first kappa shape index (κ1) is 26.9. The van der Waals surface area contributed by atoms with Gasteiger partial charge in [-0.15, -0.1) is 11.3 Å². The number of thiophene rings is 1. The Balaban J connectivity index is 1.11. The van der Waals surface area contributed by atoms with Gasteiger partial charge in [0.2, 0.25) is 0 Å². The van der Waals surface area contributed by atoms with Crippen LogP contribution in [0.15, 0.2) is 54.9 Å². The fraction of sp³-hybridized carbons (Fsp3) is 0.310. The molecule has 4 N–H and O–H groups in total. The summed E-state index contributed by atoms with van der Waals surface area (Å²) in [6.45, 7) is 2.41. The molecule has 6 rings (SSSR count). The summed E-state index contributed by atoms with van der Waals surface area (Å²) in [7, 11) is 0. The van der Waals surface area contributed by atoms with E-state index >= 15 is 0 Å². The van der Waals surface area contributed by atoms with E-state index < -0.39 is 11.9 Å². The molecule has 1 aliphatic heterocycles. The van der Waals surface area contributed by atoms with Crippen LogP contribution in [0.25, 0.3) is 20.8 Å². The highest BCUT2D eigenvalue weighted by Crippen LogP contribution is 2.39. The summed E-state index contributed by atoms with van der Waals surface area (Å²) in [5, 5.41) is 16.9. The molecule has 2 fully saturated rings. The largest absolute Gasteiger partial charge is 0.465 e. The number of hydrogen-bond donors (Lipinski definition) is 4. The van der Waals surface area contributed by atoms with Crippen molar-refractivity contribution in [1.29, 1.82) is 0 Å². The molecule has 12 heteroatoms. The number of nitrogens with one attached hydrogen (secondary N) is 3. The van der Waals surface area contributed by atoms with E-state index in [9.17, 15) is 14.0 Å². The number of nitrogens with zero attached hydrogens (tertiary/aromatic N) is 3. The van der Waals surface area contributed by atoms with E-state index in [0.717, 1.165) is 71.7 Å². The minimum atomic E-state index is -0.969. The van der Waals surface area contributed by atoms with Gasteiger partial charge in [-0.05, 0) is 55.5 Å². The summed E-state index contributed by atoms with van der Waals surface area (Å²) in [5.41, 5.74) is 2.96. The third-order valence-electron chi connectivity index (χ3n) is 7.10. The summed E-state index contributed by atoms with van der Waals surface area (Å²) >= 11 is 1.47. The van der Waals surface area contributed by atoms with Gasteiger partial charge < -0.3 is 25.8 Å². The second kappa shape index (κ2) is 11.7. The summed E-state index contributed by atoms with van der Waals surface area (Å²) in [6, 6.07) is 11.9. The number of hydrogen-bond acceptors (Lipinski definition) is 7.